The fraction of sp³-hybridized carbons (Fsp3) is 0.211. The Bertz CT molecular complexity index is 1000. The Morgan fingerprint density at radius 1 is 1.22 bits per heavy atom. The number of hydrogen-bond acceptors (Lipinski definition) is 5. The second-order valence-corrected chi connectivity index (χ2v) is 6.22. The molecule has 0 aliphatic carbocycles. The van der Waals surface area contributed by atoms with Crippen molar-refractivity contribution in [3.8, 4) is 5.75 Å². The Kier molecular flexibility index (Phi) is 5.61. The number of aryl methyl sites for hydroxylation is 1. The first kappa shape index (κ1) is 18.7. The number of methoxy groups -OCH3 is 1. The van der Waals surface area contributed by atoms with Gasteiger partial charge in [-0.15, -0.1) is 0 Å². The van der Waals surface area contributed by atoms with Crippen LogP contribution in [-0.2, 0) is 20.9 Å². The molecule has 0 atom stereocenters. The monoisotopic (exact) mass is 387 g/mol. The van der Waals surface area contributed by atoms with Crippen molar-refractivity contribution in [1.82, 2.24) is 9.55 Å². The molecule has 0 fully saturated rings. The number of nitrogens with one attached hydrogen (secondary N) is 1. The van der Waals surface area contributed by atoms with Crippen molar-refractivity contribution in [3.63, 3.8) is 0 Å². The SMILES string of the molecule is COc1ccc(Cl)cc1NC(=O)COC(=O)Cn1c(C)nc2ccccc21. The number of anilines is 1. The molecule has 0 saturated heterocycles. The highest BCUT2D eigenvalue weighted by atomic mass is 35.5. The second-order valence-electron chi connectivity index (χ2n) is 5.79. The minimum absolute atomic E-state index is 0.0277. The molecule has 7 nitrogen and oxygen atoms in total. The molecule has 1 heterocycles. The van der Waals surface area contributed by atoms with Gasteiger partial charge in [-0.25, -0.2) is 4.98 Å². The molecular formula is C19H18ClN3O4. The van der Waals surface area contributed by atoms with Gasteiger partial charge in [-0.3, -0.25) is 9.59 Å². The summed E-state index contributed by atoms with van der Waals surface area (Å²) in [6, 6.07) is 12.3. The minimum Gasteiger partial charge on any atom is -0.495 e. The van der Waals surface area contributed by atoms with Gasteiger partial charge < -0.3 is 19.4 Å². The van der Waals surface area contributed by atoms with E-state index in [2.05, 4.69) is 10.3 Å². The summed E-state index contributed by atoms with van der Waals surface area (Å²) in [4.78, 5) is 28.6. The smallest absolute Gasteiger partial charge is 0.326 e. The van der Waals surface area contributed by atoms with Gasteiger partial charge in [0.25, 0.3) is 5.91 Å². The van der Waals surface area contributed by atoms with Gasteiger partial charge in [0.1, 0.15) is 18.1 Å². The highest BCUT2D eigenvalue weighted by Gasteiger charge is 2.14. The summed E-state index contributed by atoms with van der Waals surface area (Å²) < 4.78 is 12.0. The Hall–Kier alpha value is -3.06. The van der Waals surface area contributed by atoms with Crippen LogP contribution in [0.4, 0.5) is 5.69 Å². The third-order valence-electron chi connectivity index (χ3n) is 3.93. The Balaban J connectivity index is 1.60. The average molecular weight is 388 g/mol. The van der Waals surface area contributed by atoms with E-state index in [4.69, 9.17) is 21.1 Å². The zero-order valence-electron chi connectivity index (χ0n) is 14.9. The highest BCUT2D eigenvalue weighted by molar-refractivity contribution is 6.31. The molecule has 0 radical (unpaired) electrons. The number of esters is 1. The highest BCUT2D eigenvalue weighted by Crippen LogP contribution is 2.27. The fourth-order valence-electron chi connectivity index (χ4n) is 2.68. The number of aromatic nitrogens is 2. The first-order valence-electron chi connectivity index (χ1n) is 8.19. The summed E-state index contributed by atoms with van der Waals surface area (Å²) in [5, 5.41) is 3.06. The summed E-state index contributed by atoms with van der Waals surface area (Å²) >= 11 is 5.93. The Morgan fingerprint density at radius 2 is 2.00 bits per heavy atom. The molecular weight excluding hydrogens is 370 g/mol. The van der Waals surface area contributed by atoms with Crippen molar-refractivity contribution in [2.45, 2.75) is 13.5 Å². The van der Waals surface area contributed by atoms with Crippen LogP contribution in [-0.4, -0.2) is 35.1 Å². The van der Waals surface area contributed by atoms with Crippen LogP contribution < -0.4 is 10.1 Å². The number of carbonyl (C=O) groups is 2. The maximum absolute atomic E-state index is 12.1. The van der Waals surface area contributed by atoms with Crippen LogP contribution in [0.5, 0.6) is 5.75 Å². The number of carbonyl (C=O) groups excluding carboxylic acids is 2. The van der Waals surface area contributed by atoms with Crippen molar-refractivity contribution < 1.29 is 19.1 Å². The van der Waals surface area contributed by atoms with Gasteiger partial charge in [0.05, 0.1) is 23.8 Å². The molecule has 0 spiro atoms. The maximum atomic E-state index is 12.1. The van der Waals surface area contributed by atoms with Gasteiger partial charge in [-0.1, -0.05) is 23.7 Å². The van der Waals surface area contributed by atoms with Gasteiger partial charge >= 0.3 is 5.97 Å². The summed E-state index contributed by atoms with van der Waals surface area (Å²) in [7, 11) is 1.48. The van der Waals surface area contributed by atoms with E-state index in [1.54, 1.807) is 22.8 Å². The largest absolute Gasteiger partial charge is 0.495 e. The van der Waals surface area contributed by atoms with Crippen molar-refractivity contribution in [1.29, 1.82) is 0 Å². The van der Waals surface area contributed by atoms with Crippen LogP contribution in [0.2, 0.25) is 5.02 Å². The van der Waals surface area contributed by atoms with E-state index in [0.29, 0.717) is 22.3 Å². The zero-order valence-corrected chi connectivity index (χ0v) is 15.6. The van der Waals surface area contributed by atoms with Crippen LogP contribution in [0.1, 0.15) is 5.82 Å². The van der Waals surface area contributed by atoms with Crippen molar-refractivity contribution in [2.24, 2.45) is 0 Å². The van der Waals surface area contributed by atoms with E-state index in [1.165, 1.54) is 7.11 Å². The van der Waals surface area contributed by atoms with Crippen LogP contribution in [0.15, 0.2) is 42.5 Å². The molecule has 140 valence electrons. The molecule has 0 aliphatic rings. The third kappa shape index (κ3) is 4.38. The quantitative estimate of drug-likeness (QED) is 0.657. The van der Waals surface area contributed by atoms with Crippen LogP contribution in [0.25, 0.3) is 11.0 Å². The third-order valence-corrected chi connectivity index (χ3v) is 4.17. The van der Waals surface area contributed by atoms with E-state index in [9.17, 15) is 9.59 Å². The fourth-order valence-corrected chi connectivity index (χ4v) is 2.85. The number of para-hydroxylation sites is 2. The molecule has 3 aromatic rings. The van der Waals surface area contributed by atoms with E-state index in [0.717, 1.165) is 11.0 Å². The molecule has 2 aromatic carbocycles. The van der Waals surface area contributed by atoms with E-state index in [1.807, 2.05) is 31.2 Å². The molecule has 3 rings (SSSR count). The van der Waals surface area contributed by atoms with Crippen molar-refractivity contribution in [2.75, 3.05) is 19.0 Å². The molecule has 1 aromatic heterocycles. The predicted octanol–water partition coefficient (Wildman–Crippen LogP) is 3.19. The Labute approximate surface area is 160 Å². The first-order chi connectivity index (χ1) is 13.0. The van der Waals surface area contributed by atoms with Crippen molar-refractivity contribution >= 4 is 40.2 Å². The number of benzene rings is 2. The molecule has 0 bridgehead atoms. The lowest BCUT2D eigenvalue weighted by molar-refractivity contribution is -0.147. The Morgan fingerprint density at radius 3 is 2.78 bits per heavy atom. The number of imidazole rings is 1. The molecule has 1 N–H and O–H groups in total. The maximum Gasteiger partial charge on any atom is 0.326 e. The minimum atomic E-state index is -0.533. The first-order valence-corrected chi connectivity index (χ1v) is 8.56. The number of hydrogen-bond donors (Lipinski definition) is 1. The van der Waals surface area contributed by atoms with E-state index < -0.39 is 18.5 Å². The van der Waals surface area contributed by atoms with Gasteiger partial charge in [0.2, 0.25) is 0 Å². The molecule has 27 heavy (non-hydrogen) atoms. The van der Waals surface area contributed by atoms with Gasteiger partial charge in [-0.2, -0.15) is 0 Å². The zero-order chi connectivity index (χ0) is 19.4. The molecule has 0 aliphatic heterocycles. The number of fused-ring (bicyclic) bond motifs is 1. The predicted molar refractivity (Wildman–Crippen MR) is 102 cm³/mol. The van der Waals surface area contributed by atoms with Gasteiger partial charge in [-0.05, 0) is 37.3 Å². The van der Waals surface area contributed by atoms with Crippen molar-refractivity contribution in [3.05, 3.63) is 53.3 Å². The topological polar surface area (TPSA) is 82.5 Å². The summed E-state index contributed by atoms with van der Waals surface area (Å²) in [5.41, 5.74) is 2.04. The van der Waals surface area contributed by atoms with Crippen LogP contribution in [0.3, 0.4) is 0 Å². The standard InChI is InChI=1S/C19H18ClN3O4/c1-12-21-14-5-3-4-6-16(14)23(12)10-19(25)27-11-18(24)22-15-9-13(20)7-8-17(15)26-2/h3-9H,10-11H2,1-2H3,(H,22,24). The van der Waals surface area contributed by atoms with E-state index >= 15 is 0 Å². The number of halogens is 1. The summed E-state index contributed by atoms with van der Waals surface area (Å²) in [5.74, 6) is 0.131. The lowest BCUT2D eigenvalue weighted by Crippen LogP contribution is -2.23. The van der Waals surface area contributed by atoms with Gasteiger partial charge in [0, 0.05) is 5.02 Å². The lowest BCUT2D eigenvalue weighted by atomic mass is 10.3. The number of amides is 1. The second kappa shape index (κ2) is 8.09. The molecule has 0 unspecified atom stereocenters. The number of rotatable bonds is 6. The van der Waals surface area contributed by atoms with E-state index in [-0.39, 0.29) is 6.54 Å². The summed E-state index contributed by atoms with van der Waals surface area (Å²) in [6.07, 6.45) is 0. The van der Waals surface area contributed by atoms with Crippen LogP contribution >= 0.6 is 11.6 Å². The molecule has 1 amide bonds. The summed E-state index contributed by atoms with van der Waals surface area (Å²) in [6.45, 7) is 1.37. The lowest BCUT2D eigenvalue weighted by Gasteiger charge is -2.11. The average Bonchev–Trinajstić information content (AvgIpc) is 2.96. The molecule has 0 saturated carbocycles. The number of ether oxygens (including phenoxy) is 2. The van der Waals surface area contributed by atoms with Gasteiger partial charge in [0.15, 0.2) is 6.61 Å². The number of nitrogens with zero attached hydrogens (tertiary/aromatic N) is 2. The van der Waals surface area contributed by atoms with Crippen LogP contribution in [0, 0.1) is 6.92 Å². The normalized spacial score (nSPS) is 10.6. The molecule has 8 heteroatoms.